The second-order valence-corrected chi connectivity index (χ2v) is 7.84. The minimum absolute atomic E-state index is 0. The third-order valence-corrected chi connectivity index (χ3v) is 4.96. The van der Waals surface area contributed by atoms with Gasteiger partial charge in [0.05, 0.1) is 6.04 Å². The molecule has 1 amide bonds. The van der Waals surface area contributed by atoms with E-state index in [-0.39, 0.29) is 36.1 Å². The van der Waals surface area contributed by atoms with Crippen LogP contribution >= 0.6 is 24.8 Å². The van der Waals surface area contributed by atoms with Gasteiger partial charge in [0.25, 0.3) is 0 Å². The molecule has 2 heterocycles. The summed E-state index contributed by atoms with van der Waals surface area (Å²) in [5, 5.41) is 0. The summed E-state index contributed by atoms with van der Waals surface area (Å²) < 4.78 is 0. The van der Waals surface area contributed by atoms with Crippen LogP contribution in [0.5, 0.6) is 0 Å². The summed E-state index contributed by atoms with van der Waals surface area (Å²) >= 11 is 0. The summed E-state index contributed by atoms with van der Waals surface area (Å²) in [6, 6.07) is 5.59. The molecule has 0 spiro atoms. The minimum atomic E-state index is -0.439. The number of carbonyl (C=O) groups is 1. The van der Waals surface area contributed by atoms with Crippen molar-refractivity contribution in [3.8, 4) is 0 Å². The van der Waals surface area contributed by atoms with Crippen molar-refractivity contribution < 1.29 is 4.79 Å². The lowest BCUT2D eigenvalue weighted by Gasteiger charge is -2.37. The van der Waals surface area contributed by atoms with Gasteiger partial charge in [0, 0.05) is 32.4 Å². The third-order valence-electron chi connectivity index (χ3n) is 4.96. The predicted molar refractivity (Wildman–Crippen MR) is 113 cm³/mol. The van der Waals surface area contributed by atoms with Crippen molar-refractivity contribution in [2.75, 3.05) is 31.1 Å². The number of carbonyl (C=O) groups excluding carboxylic acids is 1. The lowest BCUT2D eigenvalue weighted by Crippen LogP contribution is -2.52. The molecule has 1 aromatic rings. The maximum absolute atomic E-state index is 12.7. The number of aromatic nitrogens is 1. The number of piperidine rings is 1. The molecule has 0 aliphatic carbocycles. The SMILES string of the molecule is CCN(CC1CCN(c2ccccn2)CC1)C(=O)[C@@H](N)C(C)(C)C.Cl.Cl. The Hall–Kier alpha value is -1.04. The van der Waals surface area contributed by atoms with Gasteiger partial charge in [-0.3, -0.25) is 4.79 Å². The van der Waals surface area contributed by atoms with Crippen LogP contribution in [0.3, 0.4) is 0 Å². The number of rotatable bonds is 5. The largest absolute Gasteiger partial charge is 0.357 e. The Morgan fingerprint density at radius 2 is 1.92 bits per heavy atom. The first-order valence-electron chi connectivity index (χ1n) is 9.03. The van der Waals surface area contributed by atoms with Gasteiger partial charge in [0.1, 0.15) is 5.82 Å². The molecule has 0 aromatic carbocycles. The van der Waals surface area contributed by atoms with Crippen molar-refractivity contribution >= 4 is 36.5 Å². The van der Waals surface area contributed by atoms with E-state index in [9.17, 15) is 4.79 Å². The summed E-state index contributed by atoms with van der Waals surface area (Å²) in [6.07, 6.45) is 4.02. The summed E-state index contributed by atoms with van der Waals surface area (Å²) in [7, 11) is 0. The van der Waals surface area contributed by atoms with E-state index >= 15 is 0 Å². The molecule has 5 nitrogen and oxygen atoms in total. The van der Waals surface area contributed by atoms with Gasteiger partial charge in [-0.1, -0.05) is 26.8 Å². The van der Waals surface area contributed by atoms with Gasteiger partial charge in [-0.05, 0) is 43.2 Å². The first-order chi connectivity index (χ1) is 11.3. The molecule has 26 heavy (non-hydrogen) atoms. The molecule has 150 valence electrons. The Morgan fingerprint density at radius 1 is 1.31 bits per heavy atom. The number of halogens is 2. The Kier molecular flexibility index (Phi) is 10.5. The van der Waals surface area contributed by atoms with E-state index in [1.54, 1.807) is 0 Å². The molecular formula is C19H34Cl2N4O. The normalized spacial score (nSPS) is 16.3. The van der Waals surface area contributed by atoms with Crippen molar-refractivity contribution in [3.63, 3.8) is 0 Å². The Balaban J connectivity index is 0.00000312. The number of hydrogen-bond donors (Lipinski definition) is 1. The van der Waals surface area contributed by atoms with Gasteiger partial charge in [0.2, 0.25) is 5.91 Å². The predicted octanol–water partition coefficient (Wildman–Crippen LogP) is 3.36. The first-order valence-corrected chi connectivity index (χ1v) is 9.03. The number of pyridine rings is 1. The quantitative estimate of drug-likeness (QED) is 0.816. The molecule has 7 heteroatoms. The van der Waals surface area contributed by atoms with Crippen LogP contribution in [0.1, 0.15) is 40.5 Å². The van der Waals surface area contributed by atoms with Crippen LogP contribution in [0.4, 0.5) is 5.82 Å². The van der Waals surface area contributed by atoms with Crippen LogP contribution in [0.15, 0.2) is 24.4 Å². The average molecular weight is 405 g/mol. The van der Waals surface area contributed by atoms with E-state index in [1.807, 2.05) is 50.9 Å². The van der Waals surface area contributed by atoms with Gasteiger partial charge in [-0.2, -0.15) is 0 Å². The minimum Gasteiger partial charge on any atom is -0.357 e. The van der Waals surface area contributed by atoms with E-state index in [2.05, 4.69) is 16.0 Å². The molecule has 1 fully saturated rings. The van der Waals surface area contributed by atoms with Gasteiger partial charge in [0.15, 0.2) is 0 Å². The van der Waals surface area contributed by atoms with Crippen molar-refractivity contribution in [2.24, 2.45) is 17.1 Å². The van der Waals surface area contributed by atoms with Crippen LogP contribution < -0.4 is 10.6 Å². The van der Waals surface area contributed by atoms with Gasteiger partial charge in [-0.15, -0.1) is 24.8 Å². The molecule has 0 saturated carbocycles. The maximum atomic E-state index is 12.7. The van der Waals surface area contributed by atoms with Crippen LogP contribution in [-0.2, 0) is 4.79 Å². The van der Waals surface area contributed by atoms with Gasteiger partial charge < -0.3 is 15.5 Å². The number of amides is 1. The van der Waals surface area contributed by atoms with Crippen molar-refractivity contribution in [1.29, 1.82) is 0 Å². The highest BCUT2D eigenvalue weighted by Crippen LogP contribution is 2.24. The van der Waals surface area contributed by atoms with Crippen molar-refractivity contribution in [2.45, 2.75) is 46.6 Å². The lowest BCUT2D eigenvalue weighted by molar-refractivity contribution is -0.135. The zero-order chi connectivity index (χ0) is 17.7. The zero-order valence-electron chi connectivity index (χ0n) is 16.4. The number of hydrogen-bond acceptors (Lipinski definition) is 4. The molecular weight excluding hydrogens is 371 g/mol. The molecule has 1 atom stereocenters. The Labute approximate surface area is 170 Å². The third kappa shape index (κ3) is 6.60. The highest BCUT2D eigenvalue weighted by Gasteiger charge is 2.32. The molecule has 0 bridgehead atoms. The lowest BCUT2D eigenvalue weighted by atomic mass is 9.86. The van der Waals surface area contributed by atoms with E-state index in [0.29, 0.717) is 5.92 Å². The summed E-state index contributed by atoms with van der Waals surface area (Å²) in [4.78, 5) is 21.4. The second kappa shape index (κ2) is 11.0. The molecule has 1 aliphatic heterocycles. The fourth-order valence-corrected chi connectivity index (χ4v) is 3.14. The topological polar surface area (TPSA) is 62.5 Å². The zero-order valence-corrected chi connectivity index (χ0v) is 18.0. The molecule has 1 aromatic heterocycles. The molecule has 1 saturated heterocycles. The summed E-state index contributed by atoms with van der Waals surface area (Å²) in [5.41, 5.74) is 5.96. The molecule has 0 unspecified atom stereocenters. The fraction of sp³-hybridized carbons (Fsp3) is 0.684. The Morgan fingerprint density at radius 3 is 2.38 bits per heavy atom. The van der Waals surface area contributed by atoms with Crippen LogP contribution in [0.25, 0.3) is 0 Å². The monoisotopic (exact) mass is 404 g/mol. The number of likely N-dealkylation sites (N-methyl/N-ethyl adjacent to an activating group) is 1. The summed E-state index contributed by atoms with van der Waals surface area (Å²) in [5.74, 6) is 1.67. The average Bonchev–Trinajstić information content (AvgIpc) is 2.59. The highest BCUT2D eigenvalue weighted by atomic mass is 35.5. The van der Waals surface area contributed by atoms with Crippen LogP contribution in [0.2, 0.25) is 0 Å². The fourth-order valence-electron chi connectivity index (χ4n) is 3.14. The number of nitrogens with two attached hydrogens (primary N) is 1. The standard InChI is InChI=1S/C19H32N4O.2ClH/c1-5-22(18(24)17(20)19(2,3)4)14-15-9-12-23(13-10-15)16-8-6-7-11-21-16;;/h6-8,11,15,17H,5,9-10,12-14,20H2,1-4H3;2*1H/t17-;;/m1../s1. The van der Waals surface area contributed by atoms with Gasteiger partial charge >= 0.3 is 0 Å². The van der Waals surface area contributed by atoms with Gasteiger partial charge in [-0.25, -0.2) is 4.98 Å². The maximum Gasteiger partial charge on any atom is 0.240 e. The molecule has 2 N–H and O–H groups in total. The molecule has 1 aliphatic rings. The Bertz CT molecular complexity index is 528. The molecule has 0 radical (unpaired) electrons. The van der Waals surface area contributed by atoms with E-state index in [0.717, 1.165) is 44.8 Å². The second-order valence-electron chi connectivity index (χ2n) is 7.84. The molecule has 2 rings (SSSR count). The van der Waals surface area contributed by atoms with Crippen LogP contribution in [0, 0.1) is 11.3 Å². The van der Waals surface area contributed by atoms with Crippen molar-refractivity contribution in [1.82, 2.24) is 9.88 Å². The van der Waals surface area contributed by atoms with E-state index in [1.165, 1.54) is 0 Å². The first kappa shape index (κ1) is 25.0. The van der Waals surface area contributed by atoms with Crippen molar-refractivity contribution in [3.05, 3.63) is 24.4 Å². The van der Waals surface area contributed by atoms with Crippen LogP contribution in [-0.4, -0.2) is 48.0 Å². The number of anilines is 1. The smallest absolute Gasteiger partial charge is 0.240 e. The highest BCUT2D eigenvalue weighted by molar-refractivity contribution is 5.85. The summed E-state index contributed by atoms with van der Waals surface area (Å²) in [6.45, 7) is 11.6. The van der Waals surface area contributed by atoms with E-state index < -0.39 is 6.04 Å². The number of nitrogens with zero attached hydrogens (tertiary/aromatic N) is 3. The van der Waals surface area contributed by atoms with E-state index in [4.69, 9.17) is 5.73 Å².